The number of hydrogen-bond donors (Lipinski definition) is 2. The van der Waals surface area contributed by atoms with Crippen molar-refractivity contribution in [1.82, 2.24) is 14.8 Å². The van der Waals surface area contributed by atoms with Gasteiger partial charge in [0.15, 0.2) is 0 Å². The van der Waals surface area contributed by atoms with Crippen molar-refractivity contribution < 1.29 is 4.79 Å². The highest BCUT2D eigenvalue weighted by Gasteiger charge is 2.22. The van der Waals surface area contributed by atoms with E-state index in [4.69, 9.17) is 0 Å². The predicted octanol–water partition coefficient (Wildman–Crippen LogP) is 1.75. The first-order valence-corrected chi connectivity index (χ1v) is 6.48. The number of anilines is 1. The second-order valence-electron chi connectivity index (χ2n) is 3.94. The maximum Gasteiger partial charge on any atom is 0.258 e. The van der Waals surface area contributed by atoms with Gasteiger partial charge in [0.25, 0.3) is 5.91 Å². The summed E-state index contributed by atoms with van der Waals surface area (Å²) in [4.78, 5) is 14.8. The Labute approximate surface area is 103 Å². The van der Waals surface area contributed by atoms with Crippen molar-refractivity contribution in [2.75, 3.05) is 5.32 Å². The number of thioether (sulfide) groups is 1. The van der Waals surface area contributed by atoms with Gasteiger partial charge in [-0.15, -0.1) is 0 Å². The Morgan fingerprint density at radius 2 is 2.47 bits per heavy atom. The Bertz CT molecular complexity index is 558. The number of carbonyl (C=O) groups excluding carboxylic acids is 1. The SMILES string of the molecule is Cn1nc2c(c1NC(=O)c1cc[nH]c1)CSC2. The number of nitrogens with one attached hydrogen (secondary N) is 2. The van der Waals surface area contributed by atoms with Crippen molar-refractivity contribution in [2.24, 2.45) is 7.05 Å². The lowest BCUT2D eigenvalue weighted by Crippen LogP contribution is -2.14. The zero-order valence-electron chi connectivity index (χ0n) is 9.36. The molecule has 0 aliphatic carbocycles. The van der Waals surface area contributed by atoms with E-state index in [-0.39, 0.29) is 5.91 Å². The summed E-state index contributed by atoms with van der Waals surface area (Å²) in [5.74, 6) is 2.57. The number of H-pyrrole nitrogens is 1. The van der Waals surface area contributed by atoms with Crippen LogP contribution in [0.2, 0.25) is 0 Å². The molecule has 0 radical (unpaired) electrons. The maximum atomic E-state index is 11.9. The molecule has 0 atom stereocenters. The molecule has 1 aliphatic rings. The van der Waals surface area contributed by atoms with Gasteiger partial charge in [-0.1, -0.05) is 0 Å². The standard InChI is InChI=1S/C11H12N4OS/c1-15-10(8-5-17-6-9(8)14-15)13-11(16)7-2-3-12-4-7/h2-4,12H,5-6H2,1H3,(H,13,16). The fourth-order valence-corrected chi connectivity index (χ4v) is 2.98. The molecule has 6 heteroatoms. The Balaban J connectivity index is 1.88. The van der Waals surface area contributed by atoms with Gasteiger partial charge in [0, 0.05) is 36.5 Å². The molecule has 2 N–H and O–H groups in total. The minimum absolute atomic E-state index is 0.103. The molecule has 88 valence electrons. The number of aromatic nitrogens is 3. The number of aromatic amines is 1. The molecule has 0 aromatic carbocycles. The fourth-order valence-electron chi connectivity index (χ4n) is 1.94. The van der Waals surface area contributed by atoms with Crippen molar-refractivity contribution in [3.8, 4) is 0 Å². The average molecular weight is 248 g/mol. The van der Waals surface area contributed by atoms with Gasteiger partial charge in [0.05, 0.1) is 11.3 Å². The molecule has 2 aromatic heterocycles. The van der Waals surface area contributed by atoms with Crippen LogP contribution < -0.4 is 5.32 Å². The van der Waals surface area contributed by atoms with Gasteiger partial charge in [0.1, 0.15) is 5.82 Å². The van der Waals surface area contributed by atoms with Gasteiger partial charge in [-0.3, -0.25) is 9.48 Å². The van der Waals surface area contributed by atoms with E-state index in [0.29, 0.717) is 5.56 Å². The largest absolute Gasteiger partial charge is 0.367 e. The summed E-state index contributed by atoms with van der Waals surface area (Å²) in [5, 5.41) is 7.32. The number of carbonyl (C=O) groups is 1. The number of amides is 1. The lowest BCUT2D eigenvalue weighted by atomic mass is 10.2. The third kappa shape index (κ3) is 1.74. The Kier molecular flexibility index (Phi) is 2.44. The van der Waals surface area contributed by atoms with Gasteiger partial charge in [-0.2, -0.15) is 16.9 Å². The molecule has 5 nitrogen and oxygen atoms in total. The number of hydrogen-bond acceptors (Lipinski definition) is 3. The van der Waals surface area contributed by atoms with Gasteiger partial charge in [-0.25, -0.2) is 0 Å². The van der Waals surface area contributed by atoms with E-state index < -0.39 is 0 Å². The summed E-state index contributed by atoms with van der Waals surface area (Å²) in [6, 6.07) is 1.75. The smallest absolute Gasteiger partial charge is 0.258 e. The molecule has 3 rings (SSSR count). The Morgan fingerprint density at radius 3 is 3.24 bits per heavy atom. The maximum absolute atomic E-state index is 11.9. The first kappa shape index (κ1) is 10.5. The van der Waals surface area contributed by atoms with Crippen LogP contribution in [-0.2, 0) is 18.6 Å². The van der Waals surface area contributed by atoms with Crippen LogP contribution in [0.3, 0.4) is 0 Å². The van der Waals surface area contributed by atoms with Gasteiger partial charge in [0.2, 0.25) is 0 Å². The van der Waals surface area contributed by atoms with E-state index in [9.17, 15) is 4.79 Å². The second-order valence-corrected chi connectivity index (χ2v) is 4.93. The molecule has 0 spiro atoms. The van der Waals surface area contributed by atoms with Crippen LogP contribution in [0.5, 0.6) is 0 Å². The molecule has 1 amide bonds. The molecule has 1 aliphatic heterocycles. The molecule has 17 heavy (non-hydrogen) atoms. The number of nitrogens with zero attached hydrogens (tertiary/aromatic N) is 2. The lowest BCUT2D eigenvalue weighted by Gasteiger charge is -2.06. The topological polar surface area (TPSA) is 62.7 Å². The minimum Gasteiger partial charge on any atom is -0.367 e. The predicted molar refractivity (Wildman–Crippen MR) is 67.0 cm³/mol. The number of aryl methyl sites for hydroxylation is 1. The van der Waals surface area contributed by atoms with Gasteiger partial charge < -0.3 is 10.3 Å². The molecular formula is C11H12N4OS. The van der Waals surface area contributed by atoms with Crippen molar-refractivity contribution in [3.05, 3.63) is 35.3 Å². The number of fused-ring (bicyclic) bond motifs is 1. The molecular weight excluding hydrogens is 236 g/mol. The zero-order chi connectivity index (χ0) is 11.8. The molecule has 0 fully saturated rings. The van der Waals surface area contributed by atoms with Gasteiger partial charge >= 0.3 is 0 Å². The first-order chi connectivity index (χ1) is 8.25. The zero-order valence-corrected chi connectivity index (χ0v) is 10.2. The highest BCUT2D eigenvalue weighted by atomic mass is 32.2. The molecule has 3 heterocycles. The fraction of sp³-hybridized carbons (Fsp3) is 0.273. The molecule has 0 saturated heterocycles. The molecule has 0 unspecified atom stereocenters. The van der Waals surface area contributed by atoms with Crippen LogP contribution in [-0.4, -0.2) is 20.7 Å². The summed E-state index contributed by atoms with van der Waals surface area (Å²) < 4.78 is 1.74. The monoisotopic (exact) mass is 248 g/mol. The van der Waals surface area contributed by atoms with Gasteiger partial charge in [-0.05, 0) is 6.07 Å². The van der Waals surface area contributed by atoms with Crippen LogP contribution >= 0.6 is 11.8 Å². The third-order valence-corrected chi connectivity index (χ3v) is 3.78. The van der Waals surface area contributed by atoms with E-state index in [1.54, 1.807) is 23.1 Å². The Hall–Kier alpha value is -1.69. The third-order valence-electron chi connectivity index (χ3n) is 2.81. The quantitative estimate of drug-likeness (QED) is 0.851. The van der Waals surface area contributed by atoms with E-state index in [0.717, 1.165) is 28.6 Å². The van der Waals surface area contributed by atoms with E-state index in [1.165, 1.54) is 0 Å². The first-order valence-electron chi connectivity index (χ1n) is 5.32. The van der Waals surface area contributed by atoms with Crippen LogP contribution in [0, 0.1) is 0 Å². The van der Waals surface area contributed by atoms with Crippen LogP contribution in [0.4, 0.5) is 5.82 Å². The summed E-state index contributed by atoms with van der Waals surface area (Å²) in [7, 11) is 1.86. The van der Waals surface area contributed by atoms with Crippen LogP contribution in [0.1, 0.15) is 21.6 Å². The van der Waals surface area contributed by atoms with E-state index in [1.807, 2.05) is 18.8 Å². The number of rotatable bonds is 2. The summed E-state index contributed by atoms with van der Waals surface area (Å²) in [6.07, 6.45) is 3.42. The van der Waals surface area contributed by atoms with E-state index >= 15 is 0 Å². The molecule has 0 saturated carbocycles. The summed E-state index contributed by atoms with van der Waals surface area (Å²) >= 11 is 1.82. The average Bonchev–Trinajstić information content (AvgIpc) is 2.98. The highest BCUT2D eigenvalue weighted by molar-refractivity contribution is 7.98. The highest BCUT2D eigenvalue weighted by Crippen LogP contribution is 2.34. The van der Waals surface area contributed by atoms with Crippen LogP contribution in [0.25, 0.3) is 0 Å². The molecule has 0 bridgehead atoms. The minimum atomic E-state index is -0.103. The van der Waals surface area contributed by atoms with Crippen molar-refractivity contribution >= 4 is 23.5 Å². The van der Waals surface area contributed by atoms with Crippen molar-refractivity contribution in [3.63, 3.8) is 0 Å². The summed E-state index contributed by atoms with van der Waals surface area (Å²) in [5.41, 5.74) is 2.87. The van der Waals surface area contributed by atoms with Crippen molar-refractivity contribution in [2.45, 2.75) is 11.5 Å². The lowest BCUT2D eigenvalue weighted by molar-refractivity contribution is 0.102. The second kappa shape index (κ2) is 3.96. The summed E-state index contributed by atoms with van der Waals surface area (Å²) in [6.45, 7) is 0. The Morgan fingerprint density at radius 1 is 1.59 bits per heavy atom. The van der Waals surface area contributed by atoms with Crippen molar-refractivity contribution in [1.29, 1.82) is 0 Å². The van der Waals surface area contributed by atoms with Crippen LogP contribution in [0.15, 0.2) is 18.5 Å². The molecule has 2 aromatic rings. The van der Waals surface area contributed by atoms with E-state index in [2.05, 4.69) is 15.4 Å². The normalized spacial score (nSPS) is 13.7.